The van der Waals surface area contributed by atoms with E-state index in [1.165, 1.54) is 0 Å². The minimum atomic E-state index is 0.355. The highest BCUT2D eigenvalue weighted by atomic mass is 16.5. The van der Waals surface area contributed by atoms with E-state index in [-0.39, 0.29) is 0 Å². The summed E-state index contributed by atoms with van der Waals surface area (Å²) < 4.78 is 5.16. The fraction of sp³-hybridized carbons (Fsp3) is 0.875. The molecule has 0 unspecified atom stereocenters. The maximum atomic E-state index is 11.4. The summed E-state index contributed by atoms with van der Waals surface area (Å²) in [4.78, 5) is 13.4. The molecular weight excluding hydrogens is 142 g/mol. The normalized spacial score (nSPS) is 25.3. The number of ether oxygens (including phenoxy) is 1. The first kappa shape index (κ1) is 7.10. The highest BCUT2D eigenvalue weighted by Crippen LogP contribution is 2.31. The van der Waals surface area contributed by atoms with Crippen molar-refractivity contribution in [1.29, 1.82) is 0 Å². The van der Waals surface area contributed by atoms with E-state index in [0.29, 0.717) is 11.8 Å². The van der Waals surface area contributed by atoms with Gasteiger partial charge in [-0.1, -0.05) is 0 Å². The van der Waals surface area contributed by atoms with E-state index in [1.807, 2.05) is 4.90 Å². The van der Waals surface area contributed by atoms with Crippen LogP contribution in [-0.2, 0) is 9.53 Å². The Labute approximate surface area is 66.3 Å². The molecule has 0 aromatic carbocycles. The molecule has 2 rings (SSSR count). The van der Waals surface area contributed by atoms with Crippen LogP contribution in [0.25, 0.3) is 0 Å². The van der Waals surface area contributed by atoms with Crippen molar-refractivity contribution in [2.45, 2.75) is 12.8 Å². The van der Waals surface area contributed by atoms with Crippen LogP contribution in [0.3, 0.4) is 0 Å². The molecule has 1 heterocycles. The predicted molar refractivity (Wildman–Crippen MR) is 40.1 cm³/mol. The molecule has 1 aliphatic carbocycles. The van der Waals surface area contributed by atoms with Crippen LogP contribution in [0.2, 0.25) is 0 Å². The zero-order valence-electron chi connectivity index (χ0n) is 6.58. The number of morpholine rings is 1. The molecule has 0 atom stereocenters. The summed E-state index contributed by atoms with van der Waals surface area (Å²) in [5.41, 5.74) is 0. The van der Waals surface area contributed by atoms with Gasteiger partial charge in [0.15, 0.2) is 0 Å². The summed E-state index contributed by atoms with van der Waals surface area (Å²) in [6.45, 7) is 3.04. The van der Waals surface area contributed by atoms with Gasteiger partial charge >= 0.3 is 0 Å². The van der Waals surface area contributed by atoms with Gasteiger partial charge in [-0.15, -0.1) is 0 Å². The Morgan fingerprint density at radius 3 is 2.45 bits per heavy atom. The second-order valence-electron chi connectivity index (χ2n) is 3.21. The van der Waals surface area contributed by atoms with Gasteiger partial charge in [0.25, 0.3) is 0 Å². The zero-order valence-corrected chi connectivity index (χ0v) is 6.58. The summed E-state index contributed by atoms with van der Waals surface area (Å²) in [5, 5.41) is 0. The number of rotatable bonds is 1. The Bertz CT molecular complexity index is 159. The van der Waals surface area contributed by atoms with Gasteiger partial charge in [-0.2, -0.15) is 0 Å². The molecule has 0 bridgehead atoms. The lowest BCUT2D eigenvalue weighted by Gasteiger charge is -2.26. The third-order valence-corrected chi connectivity index (χ3v) is 2.25. The maximum Gasteiger partial charge on any atom is 0.225 e. The monoisotopic (exact) mass is 155 g/mol. The van der Waals surface area contributed by atoms with Crippen LogP contribution in [0, 0.1) is 5.92 Å². The quantitative estimate of drug-likeness (QED) is 0.543. The summed E-state index contributed by atoms with van der Waals surface area (Å²) >= 11 is 0. The first-order valence-electron chi connectivity index (χ1n) is 4.24. The van der Waals surface area contributed by atoms with Crippen LogP contribution < -0.4 is 0 Å². The zero-order chi connectivity index (χ0) is 7.68. The van der Waals surface area contributed by atoms with E-state index in [0.717, 1.165) is 39.1 Å². The fourth-order valence-corrected chi connectivity index (χ4v) is 1.37. The third-order valence-electron chi connectivity index (χ3n) is 2.25. The Morgan fingerprint density at radius 1 is 1.27 bits per heavy atom. The van der Waals surface area contributed by atoms with Crippen LogP contribution in [0.4, 0.5) is 0 Å². The molecule has 2 aliphatic rings. The molecule has 1 saturated heterocycles. The van der Waals surface area contributed by atoms with Crippen molar-refractivity contribution < 1.29 is 9.53 Å². The van der Waals surface area contributed by atoms with E-state index in [4.69, 9.17) is 4.74 Å². The molecule has 0 spiro atoms. The van der Waals surface area contributed by atoms with Crippen molar-refractivity contribution in [3.63, 3.8) is 0 Å². The van der Waals surface area contributed by atoms with Crippen LogP contribution in [0.5, 0.6) is 0 Å². The number of hydrogen-bond donors (Lipinski definition) is 0. The van der Waals surface area contributed by atoms with Crippen LogP contribution in [0.15, 0.2) is 0 Å². The van der Waals surface area contributed by atoms with E-state index in [9.17, 15) is 4.79 Å². The average Bonchev–Trinajstić information content (AvgIpc) is 2.87. The molecule has 0 aromatic rings. The summed E-state index contributed by atoms with van der Waals surface area (Å²) in [6.07, 6.45) is 2.21. The number of carbonyl (C=O) groups excluding carboxylic acids is 1. The number of carbonyl (C=O) groups is 1. The minimum absolute atomic E-state index is 0.355. The van der Waals surface area contributed by atoms with Gasteiger partial charge in [0.2, 0.25) is 5.91 Å². The SMILES string of the molecule is O=C(C1CC1)N1CCOCC1. The maximum absolute atomic E-state index is 11.4. The Balaban J connectivity index is 1.86. The van der Waals surface area contributed by atoms with E-state index >= 15 is 0 Å². The van der Waals surface area contributed by atoms with Gasteiger partial charge in [-0.25, -0.2) is 0 Å². The van der Waals surface area contributed by atoms with Crippen molar-refractivity contribution in [2.24, 2.45) is 5.92 Å². The van der Waals surface area contributed by atoms with E-state index in [2.05, 4.69) is 0 Å². The second kappa shape index (κ2) is 2.81. The molecule has 1 aliphatic heterocycles. The highest BCUT2D eigenvalue weighted by molar-refractivity contribution is 5.81. The predicted octanol–water partition coefficient (Wildman–Crippen LogP) is 0.255. The van der Waals surface area contributed by atoms with Gasteiger partial charge < -0.3 is 9.64 Å². The number of hydrogen-bond acceptors (Lipinski definition) is 2. The highest BCUT2D eigenvalue weighted by Gasteiger charge is 2.33. The summed E-state index contributed by atoms with van der Waals surface area (Å²) in [6, 6.07) is 0. The molecule has 3 nitrogen and oxygen atoms in total. The summed E-state index contributed by atoms with van der Waals surface area (Å²) in [7, 11) is 0. The molecule has 0 radical (unpaired) electrons. The van der Waals surface area contributed by atoms with Crippen molar-refractivity contribution in [3.05, 3.63) is 0 Å². The fourth-order valence-electron chi connectivity index (χ4n) is 1.37. The standard InChI is InChI=1S/C8H13NO2/c10-8(7-1-2-7)9-3-5-11-6-4-9/h7H,1-6H2. The first-order valence-corrected chi connectivity index (χ1v) is 4.24. The van der Waals surface area contributed by atoms with E-state index < -0.39 is 0 Å². The molecule has 2 fully saturated rings. The third kappa shape index (κ3) is 1.53. The number of amides is 1. The molecule has 0 aromatic heterocycles. The van der Waals surface area contributed by atoms with Crippen LogP contribution in [-0.4, -0.2) is 37.1 Å². The second-order valence-corrected chi connectivity index (χ2v) is 3.21. The smallest absolute Gasteiger partial charge is 0.225 e. The first-order chi connectivity index (χ1) is 5.38. The van der Waals surface area contributed by atoms with Crippen molar-refractivity contribution >= 4 is 5.91 Å². The largest absolute Gasteiger partial charge is 0.378 e. The van der Waals surface area contributed by atoms with Gasteiger partial charge in [0.05, 0.1) is 13.2 Å². The number of nitrogens with zero attached hydrogens (tertiary/aromatic N) is 1. The molecule has 1 amide bonds. The molecule has 11 heavy (non-hydrogen) atoms. The van der Waals surface area contributed by atoms with Crippen molar-refractivity contribution in [1.82, 2.24) is 4.90 Å². The molecule has 3 heteroatoms. The lowest BCUT2D eigenvalue weighted by Crippen LogP contribution is -2.41. The minimum Gasteiger partial charge on any atom is -0.378 e. The van der Waals surface area contributed by atoms with Gasteiger partial charge in [0, 0.05) is 19.0 Å². The van der Waals surface area contributed by atoms with Crippen LogP contribution >= 0.6 is 0 Å². The summed E-state index contributed by atoms with van der Waals surface area (Å²) in [5.74, 6) is 0.724. The van der Waals surface area contributed by atoms with Gasteiger partial charge in [-0.05, 0) is 12.8 Å². The average molecular weight is 155 g/mol. The lowest BCUT2D eigenvalue weighted by molar-refractivity contribution is -0.136. The van der Waals surface area contributed by atoms with Crippen molar-refractivity contribution in [2.75, 3.05) is 26.3 Å². The Kier molecular flexibility index (Phi) is 1.82. The lowest BCUT2D eigenvalue weighted by atomic mass is 10.3. The Morgan fingerprint density at radius 2 is 1.91 bits per heavy atom. The molecule has 0 N–H and O–H groups in total. The Hall–Kier alpha value is -0.570. The van der Waals surface area contributed by atoms with Gasteiger partial charge in [0.1, 0.15) is 0 Å². The molecule has 62 valence electrons. The van der Waals surface area contributed by atoms with Crippen LogP contribution in [0.1, 0.15) is 12.8 Å². The molecular formula is C8H13NO2. The van der Waals surface area contributed by atoms with Crippen molar-refractivity contribution in [3.8, 4) is 0 Å². The topological polar surface area (TPSA) is 29.5 Å². The van der Waals surface area contributed by atoms with E-state index in [1.54, 1.807) is 0 Å². The van der Waals surface area contributed by atoms with Gasteiger partial charge in [-0.3, -0.25) is 4.79 Å². The molecule has 1 saturated carbocycles.